The van der Waals surface area contributed by atoms with Crippen molar-refractivity contribution in [2.45, 2.75) is 32.4 Å². The van der Waals surface area contributed by atoms with Crippen LogP contribution in [0.3, 0.4) is 0 Å². The fourth-order valence-electron chi connectivity index (χ4n) is 2.40. The minimum Gasteiger partial charge on any atom is -0.377 e. The minimum absolute atomic E-state index is 0.415. The first-order valence-corrected chi connectivity index (χ1v) is 7.27. The average Bonchev–Trinajstić information content (AvgIpc) is 2.41. The maximum atomic E-state index is 5.69. The highest BCUT2D eigenvalue weighted by Gasteiger charge is 2.19. The monoisotopic (exact) mass is 267 g/mol. The largest absolute Gasteiger partial charge is 0.377 e. The van der Waals surface area contributed by atoms with E-state index in [4.69, 9.17) is 16.3 Å². The number of rotatable bonds is 5. The van der Waals surface area contributed by atoms with Crippen molar-refractivity contribution in [2.75, 3.05) is 25.6 Å². The Morgan fingerprint density at radius 1 is 1.22 bits per heavy atom. The molecule has 0 saturated carbocycles. The Kier molecular flexibility index (Phi) is 5.48. The van der Waals surface area contributed by atoms with Crippen LogP contribution in [0.4, 0.5) is 0 Å². The molecule has 1 saturated heterocycles. The zero-order chi connectivity index (χ0) is 12.8. The lowest BCUT2D eigenvalue weighted by molar-refractivity contribution is 0.0135. The number of hydrogen-bond donors (Lipinski definition) is 0. The maximum absolute atomic E-state index is 5.69. The smallest absolute Gasteiger partial charge is 0.0605 e. The fourth-order valence-corrected chi connectivity index (χ4v) is 2.49. The second kappa shape index (κ2) is 7.13. The number of aryl methyl sites for hydroxylation is 1. The van der Waals surface area contributed by atoms with Crippen molar-refractivity contribution in [3.63, 3.8) is 0 Å². The van der Waals surface area contributed by atoms with E-state index in [-0.39, 0.29) is 0 Å². The lowest BCUT2D eigenvalue weighted by Crippen LogP contribution is -2.36. The Morgan fingerprint density at radius 3 is 2.50 bits per heavy atom. The van der Waals surface area contributed by atoms with Gasteiger partial charge in [-0.3, -0.25) is 4.90 Å². The summed E-state index contributed by atoms with van der Waals surface area (Å²) in [4.78, 5) is 2.51. The van der Waals surface area contributed by atoms with E-state index < -0.39 is 0 Å². The van der Waals surface area contributed by atoms with Gasteiger partial charge in [0.1, 0.15) is 0 Å². The number of halogens is 1. The standard InChI is InChI=1S/C15H22ClNO/c1-13-2-4-14(5-3-13)12-17-9-6-15(7-10-17)18-11-8-16/h2-5,15H,6-12H2,1H3. The molecule has 2 rings (SSSR count). The van der Waals surface area contributed by atoms with Crippen molar-refractivity contribution >= 4 is 11.6 Å². The van der Waals surface area contributed by atoms with Crippen LogP contribution < -0.4 is 0 Å². The first-order valence-electron chi connectivity index (χ1n) is 6.73. The van der Waals surface area contributed by atoms with Crippen LogP contribution in [0.1, 0.15) is 24.0 Å². The average molecular weight is 268 g/mol. The highest BCUT2D eigenvalue weighted by molar-refractivity contribution is 6.17. The molecule has 1 aromatic rings. The molecule has 2 nitrogen and oxygen atoms in total. The molecule has 0 atom stereocenters. The van der Waals surface area contributed by atoms with Crippen LogP contribution in [0.5, 0.6) is 0 Å². The normalized spacial score (nSPS) is 18.1. The van der Waals surface area contributed by atoms with E-state index in [1.807, 2.05) is 0 Å². The quantitative estimate of drug-likeness (QED) is 0.760. The first-order chi connectivity index (χ1) is 8.78. The van der Waals surface area contributed by atoms with E-state index in [0.717, 1.165) is 32.5 Å². The van der Waals surface area contributed by atoms with Crippen LogP contribution >= 0.6 is 11.6 Å². The molecule has 0 aliphatic carbocycles. The molecule has 0 radical (unpaired) electrons. The zero-order valence-corrected chi connectivity index (χ0v) is 11.8. The van der Waals surface area contributed by atoms with Gasteiger partial charge in [0.15, 0.2) is 0 Å². The molecule has 1 aliphatic rings. The van der Waals surface area contributed by atoms with Crippen molar-refractivity contribution in [1.82, 2.24) is 4.90 Å². The molecule has 0 bridgehead atoms. The number of alkyl halides is 1. The maximum Gasteiger partial charge on any atom is 0.0605 e. The molecule has 1 fully saturated rings. The van der Waals surface area contributed by atoms with Gasteiger partial charge in [-0.15, -0.1) is 11.6 Å². The van der Waals surface area contributed by atoms with Gasteiger partial charge in [0.05, 0.1) is 12.7 Å². The van der Waals surface area contributed by atoms with Crippen molar-refractivity contribution < 1.29 is 4.74 Å². The molecule has 1 heterocycles. The van der Waals surface area contributed by atoms with Gasteiger partial charge in [0.25, 0.3) is 0 Å². The third kappa shape index (κ3) is 4.27. The third-order valence-electron chi connectivity index (χ3n) is 3.49. The molecule has 0 unspecified atom stereocenters. The molecule has 0 amide bonds. The molecule has 100 valence electrons. The Morgan fingerprint density at radius 2 is 1.89 bits per heavy atom. The fraction of sp³-hybridized carbons (Fsp3) is 0.600. The van der Waals surface area contributed by atoms with Gasteiger partial charge in [-0.2, -0.15) is 0 Å². The molecule has 18 heavy (non-hydrogen) atoms. The molecule has 0 spiro atoms. The summed E-state index contributed by atoms with van der Waals surface area (Å²) < 4.78 is 5.69. The lowest BCUT2D eigenvalue weighted by atomic mass is 10.1. The van der Waals surface area contributed by atoms with Gasteiger partial charge >= 0.3 is 0 Å². The summed E-state index contributed by atoms with van der Waals surface area (Å²) in [5.41, 5.74) is 2.73. The van der Waals surface area contributed by atoms with Gasteiger partial charge in [-0.25, -0.2) is 0 Å². The van der Waals surface area contributed by atoms with E-state index >= 15 is 0 Å². The van der Waals surface area contributed by atoms with Crippen LogP contribution in [0.25, 0.3) is 0 Å². The Hall–Kier alpha value is -0.570. The molecule has 0 N–H and O–H groups in total. The predicted molar refractivity (Wildman–Crippen MR) is 76.2 cm³/mol. The Balaban J connectivity index is 1.74. The second-order valence-electron chi connectivity index (χ2n) is 5.02. The van der Waals surface area contributed by atoms with E-state index in [2.05, 4.69) is 36.1 Å². The van der Waals surface area contributed by atoms with Gasteiger partial charge in [-0.05, 0) is 25.3 Å². The van der Waals surface area contributed by atoms with Crippen LogP contribution in [0.15, 0.2) is 24.3 Å². The van der Waals surface area contributed by atoms with Crippen LogP contribution in [0, 0.1) is 6.92 Å². The molecule has 1 aliphatic heterocycles. The van der Waals surface area contributed by atoms with Gasteiger partial charge in [0, 0.05) is 25.5 Å². The number of ether oxygens (including phenoxy) is 1. The van der Waals surface area contributed by atoms with Crippen molar-refractivity contribution in [3.8, 4) is 0 Å². The lowest BCUT2D eigenvalue weighted by Gasteiger charge is -2.31. The van der Waals surface area contributed by atoms with Gasteiger partial charge < -0.3 is 4.74 Å². The summed E-state index contributed by atoms with van der Waals surface area (Å²) in [5, 5.41) is 0. The molecule has 3 heteroatoms. The summed E-state index contributed by atoms with van der Waals surface area (Å²) in [5.74, 6) is 0.601. The second-order valence-corrected chi connectivity index (χ2v) is 5.40. The van der Waals surface area contributed by atoms with Crippen LogP contribution in [-0.4, -0.2) is 36.6 Å². The number of benzene rings is 1. The van der Waals surface area contributed by atoms with Gasteiger partial charge in [-0.1, -0.05) is 29.8 Å². The molecule has 1 aromatic carbocycles. The van der Waals surface area contributed by atoms with Crippen molar-refractivity contribution in [3.05, 3.63) is 35.4 Å². The SMILES string of the molecule is Cc1ccc(CN2CCC(OCCCl)CC2)cc1. The highest BCUT2D eigenvalue weighted by atomic mass is 35.5. The molecular weight excluding hydrogens is 246 g/mol. The Bertz CT molecular complexity index is 344. The summed E-state index contributed by atoms with van der Waals surface area (Å²) in [6.07, 6.45) is 2.67. The van der Waals surface area contributed by atoms with Crippen molar-refractivity contribution in [2.24, 2.45) is 0 Å². The molecular formula is C15H22ClNO. The van der Waals surface area contributed by atoms with Crippen LogP contribution in [-0.2, 0) is 11.3 Å². The summed E-state index contributed by atoms with van der Waals surface area (Å²) in [6, 6.07) is 8.83. The van der Waals surface area contributed by atoms with Gasteiger partial charge in [0.2, 0.25) is 0 Å². The number of nitrogens with zero attached hydrogens (tertiary/aromatic N) is 1. The molecule has 0 aromatic heterocycles. The summed E-state index contributed by atoms with van der Waals surface area (Å²) in [6.45, 7) is 6.12. The minimum atomic E-state index is 0.415. The summed E-state index contributed by atoms with van der Waals surface area (Å²) >= 11 is 5.63. The number of likely N-dealkylation sites (tertiary alicyclic amines) is 1. The highest BCUT2D eigenvalue weighted by Crippen LogP contribution is 2.16. The zero-order valence-electron chi connectivity index (χ0n) is 11.1. The van der Waals surface area contributed by atoms with E-state index in [1.54, 1.807) is 0 Å². The topological polar surface area (TPSA) is 12.5 Å². The number of hydrogen-bond acceptors (Lipinski definition) is 2. The third-order valence-corrected chi connectivity index (χ3v) is 3.65. The number of piperidine rings is 1. The Labute approximate surface area is 115 Å². The van der Waals surface area contributed by atoms with E-state index in [1.165, 1.54) is 11.1 Å². The van der Waals surface area contributed by atoms with Crippen molar-refractivity contribution in [1.29, 1.82) is 0 Å². The van der Waals surface area contributed by atoms with E-state index in [9.17, 15) is 0 Å². The summed E-state index contributed by atoms with van der Waals surface area (Å²) in [7, 11) is 0. The predicted octanol–water partition coefficient (Wildman–Crippen LogP) is 3.21. The van der Waals surface area contributed by atoms with Crippen LogP contribution in [0.2, 0.25) is 0 Å². The first kappa shape index (κ1) is 13.9. The van der Waals surface area contributed by atoms with E-state index in [0.29, 0.717) is 18.6 Å².